The van der Waals surface area contributed by atoms with E-state index in [-0.39, 0.29) is 35.5 Å². The number of methoxy groups -OCH3 is 1. The molecule has 3 N–H and O–H groups in total. The summed E-state index contributed by atoms with van der Waals surface area (Å²) in [4.78, 5) is 70.0. The van der Waals surface area contributed by atoms with E-state index in [1.165, 1.54) is 16.7 Å². The van der Waals surface area contributed by atoms with Crippen LogP contribution < -0.4 is 25.3 Å². The third kappa shape index (κ3) is 9.91. The first kappa shape index (κ1) is 42.0. The Morgan fingerprint density at radius 2 is 1.91 bits per heavy atom. The van der Waals surface area contributed by atoms with Gasteiger partial charge in [-0.05, 0) is 84.5 Å². The Balaban J connectivity index is 1.25. The van der Waals surface area contributed by atoms with Crippen molar-refractivity contribution in [3.05, 3.63) is 71.6 Å². The van der Waals surface area contributed by atoms with E-state index in [0.29, 0.717) is 17.1 Å². The van der Waals surface area contributed by atoms with Crippen molar-refractivity contribution in [3.8, 4) is 5.75 Å². The van der Waals surface area contributed by atoms with Crippen LogP contribution >= 0.6 is 23.3 Å². The topological polar surface area (TPSA) is 204 Å². The lowest BCUT2D eigenvalue weighted by Gasteiger charge is -2.49. The number of β-lactam (4-membered cyclic amide) rings is 1. The zero-order valence-electron chi connectivity index (χ0n) is 33.3. The molecule has 1 fully saturated rings. The number of amides is 3. The number of hydrogen-bond donors (Lipinski definition) is 3. The number of carbonyl (C=O) groups excluding carboxylic acids is 4. The number of carbonyl (C=O) groups is 4. The standard InChI is InChI=1S/C38H46N10O8S2/c1-22(2)56-44-27(30-42-36(58-45-30)43-37(52)55-38(3,4)5)32(49)41-28-33(50)48-29(35(51)54-19-23-11-13-25(53-7)14-12-23)24(20-57-34(28)48)18-47-21-46(17-9-15-39-6)26-10-8-16-40-31(26)47/h8,10-14,16,21-22,28,34,39H,9,15,17-20H2,1-7H3,(H-,41,42,43,45,49,52)/p+1/b44-27-. The minimum absolute atomic E-state index is 0.0415. The summed E-state index contributed by atoms with van der Waals surface area (Å²) in [7, 11) is 3.48. The van der Waals surface area contributed by atoms with Gasteiger partial charge in [0, 0.05) is 22.9 Å². The van der Waals surface area contributed by atoms with Gasteiger partial charge in [0.05, 0.1) is 20.2 Å². The highest BCUT2D eigenvalue weighted by molar-refractivity contribution is 8.00. The fourth-order valence-electron chi connectivity index (χ4n) is 6.09. The Bertz CT molecular complexity index is 2210. The Kier molecular flexibility index (Phi) is 13.3. The smallest absolute Gasteiger partial charge is 0.414 e. The van der Waals surface area contributed by atoms with Crippen molar-refractivity contribution >= 4 is 69.2 Å². The molecule has 2 unspecified atom stereocenters. The Morgan fingerprint density at radius 3 is 2.62 bits per heavy atom. The second kappa shape index (κ2) is 18.3. The van der Waals surface area contributed by atoms with E-state index < -0.39 is 47.0 Å². The van der Waals surface area contributed by atoms with Gasteiger partial charge in [0.2, 0.25) is 16.7 Å². The molecule has 2 aliphatic heterocycles. The maximum absolute atomic E-state index is 14.1. The molecular formula is C38H47N10O8S2+. The molecule has 2 atom stereocenters. The summed E-state index contributed by atoms with van der Waals surface area (Å²) in [6, 6.07) is 9.97. The van der Waals surface area contributed by atoms with Crippen LogP contribution in [0.15, 0.2) is 65.3 Å². The van der Waals surface area contributed by atoms with Crippen LogP contribution in [0.5, 0.6) is 5.75 Å². The third-order valence-corrected chi connectivity index (χ3v) is 10.7. The third-order valence-electron chi connectivity index (χ3n) is 8.69. The average Bonchev–Trinajstić information content (AvgIpc) is 3.79. The highest BCUT2D eigenvalue weighted by Crippen LogP contribution is 2.41. The molecule has 308 valence electrons. The van der Waals surface area contributed by atoms with Gasteiger partial charge in [-0.2, -0.15) is 9.36 Å². The molecule has 0 aliphatic carbocycles. The minimum Gasteiger partial charge on any atom is -0.497 e. The number of rotatable bonds is 16. The fraction of sp³-hybridized carbons (Fsp3) is 0.447. The average molecular weight is 836 g/mol. The van der Waals surface area contributed by atoms with Gasteiger partial charge in [-0.3, -0.25) is 24.4 Å². The number of ether oxygens (including phenoxy) is 3. The summed E-state index contributed by atoms with van der Waals surface area (Å²) in [6.45, 7) is 10.4. The fourth-order valence-corrected chi connectivity index (χ4v) is 7.98. The number of aryl methyl sites for hydroxylation is 1. The maximum atomic E-state index is 14.1. The minimum atomic E-state index is -1.03. The molecule has 6 rings (SSSR count). The van der Waals surface area contributed by atoms with Crippen LogP contribution in [-0.2, 0) is 48.4 Å². The van der Waals surface area contributed by atoms with E-state index in [2.05, 4.69) is 40.0 Å². The van der Waals surface area contributed by atoms with Crippen molar-refractivity contribution in [2.75, 3.05) is 31.8 Å². The van der Waals surface area contributed by atoms with Crippen LogP contribution in [0.4, 0.5) is 9.93 Å². The lowest BCUT2D eigenvalue weighted by Crippen LogP contribution is -2.71. The Labute approximate surface area is 343 Å². The molecule has 1 saturated heterocycles. The predicted octanol–water partition coefficient (Wildman–Crippen LogP) is 3.37. The van der Waals surface area contributed by atoms with E-state index in [0.717, 1.165) is 47.8 Å². The summed E-state index contributed by atoms with van der Waals surface area (Å²) in [6.07, 6.45) is 3.44. The highest BCUT2D eigenvalue weighted by atomic mass is 32.2. The quantitative estimate of drug-likeness (QED) is 0.0371. The molecule has 3 amide bonds. The largest absolute Gasteiger partial charge is 0.497 e. The molecule has 4 aromatic rings. The van der Waals surface area contributed by atoms with Gasteiger partial charge in [0.25, 0.3) is 11.8 Å². The number of esters is 1. The zero-order chi connectivity index (χ0) is 41.6. The number of hydrogen-bond acceptors (Lipinski definition) is 15. The van der Waals surface area contributed by atoms with Gasteiger partial charge in [0.15, 0.2) is 11.8 Å². The van der Waals surface area contributed by atoms with Crippen molar-refractivity contribution in [1.82, 2.24) is 34.4 Å². The number of aromatic nitrogens is 5. The number of benzene rings is 1. The van der Waals surface area contributed by atoms with Crippen LogP contribution in [0.3, 0.4) is 0 Å². The molecule has 5 heterocycles. The van der Waals surface area contributed by atoms with E-state index >= 15 is 0 Å². The molecule has 3 aromatic heterocycles. The first-order chi connectivity index (χ1) is 27.8. The number of pyridine rings is 1. The number of imidazole rings is 1. The summed E-state index contributed by atoms with van der Waals surface area (Å²) in [5.41, 5.74) is 2.12. The monoisotopic (exact) mass is 835 g/mol. The van der Waals surface area contributed by atoms with E-state index in [1.807, 2.05) is 30.1 Å². The van der Waals surface area contributed by atoms with Gasteiger partial charge in [-0.1, -0.05) is 17.3 Å². The number of anilines is 1. The molecule has 1 aromatic carbocycles. The van der Waals surface area contributed by atoms with Crippen molar-refractivity contribution in [2.45, 2.75) is 83.9 Å². The van der Waals surface area contributed by atoms with Crippen LogP contribution in [0.25, 0.3) is 11.2 Å². The van der Waals surface area contributed by atoms with E-state index in [9.17, 15) is 19.2 Å². The van der Waals surface area contributed by atoms with Gasteiger partial charge in [-0.15, -0.1) is 16.7 Å². The number of oxime groups is 1. The van der Waals surface area contributed by atoms with Gasteiger partial charge in [-0.25, -0.2) is 14.2 Å². The van der Waals surface area contributed by atoms with Gasteiger partial charge < -0.3 is 29.7 Å². The van der Waals surface area contributed by atoms with Gasteiger partial charge >= 0.3 is 17.7 Å². The summed E-state index contributed by atoms with van der Waals surface area (Å²) >= 11 is 2.22. The number of fused-ring (bicyclic) bond motifs is 2. The highest BCUT2D eigenvalue weighted by Gasteiger charge is 2.55. The molecule has 18 nitrogen and oxygen atoms in total. The predicted molar refractivity (Wildman–Crippen MR) is 216 cm³/mol. The number of nitrogens with one attached hydrogen (secondary N) is 3. The van der Waals surface area contributed by atoms with E-state index in [4.69, 9.17) is 19.0 Å². The van der Waals surface area contributed by atoms with Crippen LogP contribution in [0, 0.1) is 0 Å². The SMILES string of the molecule is CNCCCn1c[n+](CC2=C(C(=O)OCc3ccc(OC)cc3)N3C(=O)C(NC(=O)/C(=N\OC(C)C)c4nsc(NC(=O)OC(C)(C)C)n4)C3SC2)c2ncccc21. The molecule has 0 spiro atoms. The van der Waals surface area contributed by atoms with Crippen LogP contribution in [0.2, 0.25) is 0 Å². The molecule has 0 bridgehead atoms. The Hall–Kier alpha value is -5.60. The van der Waals surface area contributed by atoms with Crippen molar-refractivity contribution in [3.63, 3.8) is 0 Å². The lowest BCUT2D eigenvalue weighted by molar-refractivity contribution is -0.665. The molecule has 2 aliphatic rings. The summed E-state index contributed by atoms with van der Waals surface area (Å²) in [5, 5.41) is 11.9. The maximum Gasteiger partial charge on any atom is 0.414 e. The van der Waals surface area contributed by atoms with Crippen molar-refractivity contribution in [1.29, 1.82) is 0 Å². The number of thioether (sulfide) groups is 1. The van der Waals surface area contributed by atoms with Gasteiger partial charge in [0.1, 0.15) is 47.4 Å². The number of nitrogens with zero attached hydrogens (tertiary/aromatic N) is 7. The lowest BCUT2D eigenvalue weighted by atomic mass is 10.0. The summed E-state index contributed by atoms with van der Waals surface area (Å²) in [5.74, 6) is -1.09. The van der Waals surface area contributed by atoms with E-state index in [1.54, 1.807) is 72.2 Å². The first-order valence-corrected chi connectivity index (χ1v) is 20.4. The van der Waals surface area contributed by atoms with Crippen LogP contribution in [-0.4, -0.2) is 103 Å². The second-order valence-corrected chi connectivity index (χ2v) is 16.5. The molecule has 0 saturated carbocycles. The molecule has 0 radical (unpaired) electrons. The zero-order valence-corrected chi connectivity index (χ0v) is 34.9. The molecule has 20 heteroatoms. The molecule has 58 heavy (non-hydrogen) atoms. The molecular weight excluding hydrogens is 789 g/mol. The van der Waals surface area contributed by atoms with Crippen molar-refractivity contribution in [2.24, 2.45) is 5.16 Å². The van der Waals surface area contributed by atoms with Crippen LogP contribution in [0.1, 0.15) is 52.4 Å². The first-order valence-electron chi connectivity index (χ1n) is 18.6. The van der Waals surface area contributed by atoms with Crippen molar-refractivity contribution < 1.29 is 42.8 Å². The second-order valence-electron chi connectivity index (χ2n) is 14.6. The summed E-state index contributed by atoms with van der Waals surface area (Å²) < 4.78 is 24.7. The normalized spacial score (nSPS) is 16.9. The Morgan fingerprint density at radius 1 is 1.14 bits per heavy atom.